The summed E-state index contributed by atoms with van der Waals surface area (Å²) in [5.41, 5.74) is 4.32. The van der Waals surface area contributed by atoms with Crippen LogP contribution < -0.4 is 10.1 Å². The zero-order chi connectivity index (χ0) is 19.0. The number of carbonyl (C=O) groups is 1. The van der Waals surface area contributed by atoms with Gasteiger partial charge in [-0.05, 0) is 56.2 Å². The van der Waals surface area contributed by atoms with Crippen LogP contribution in [0, 0.1) is 13.8 Å². The lowest BCUT2D eigenvalue weighted by atomic mass is 10.1. The van der Waals surface area contributed by atoms with Gasteiger partial charge < -0.3 is 14.6 Å². The molecule has 0 bridgehead atoms. The van der Waals surface area contributed by atoms with Crippen molar-refractivity contribution in [3.8, 4) is 5.75 Å². The highest BCUT2D eigenvalue weighted by Crippen LogP contribution is 2.30. The average molecular weight is 381 g/mol. The van der Waals surface area contributed by atoms with Crippen LogP contribution in [-0.2, 0) is 11.2 Å². The highest BCUT2D eigenvalue weighted by atomic mass is 32.1. The molecule has 2 aromatic carbocycles. The lowest BCUT2D eigenvalue weighted by Gasteiger charge is -2.00. The predicted molar refractivity (Wildman–Crippen MR) is 107 cm³/mol. The molecule has 0 spiro atoms. The molecule has 138 valence electrons. The number of benzene rings is 2. The Hall–Kier alpha value is -2.93. The molecule has 4 rings (SSSR count). The molecule has 0 saturated heterocycles. The fraction of sp³-hybridized carbons (Fsp3) is 0.250. The van der Waals surface area contributed by atoms with E-state index in [1.165, 1.54) is 11.3 Å². The van der Waals surface area contributed by atoms with Crippen molar-refractivity contribution in [3.05, 3.63) is 47.2 Å². The van der Waals surface area contributed by atoms with Crippen LogP contribution in [-0.4, -0.2) is 22.7 Å². The predicted octanol–water partition coefficient (Wildman–Crippen LogP) is 4.63. The summed E-state index contributed by atoms with van der Waals surface area (Å²) in [6, 6.07) is 9.73. The summed E-state index contributed by atoms with van der Waals surface area (Å²) >= 11 is 1.42. The van der Waals surface area contributed by atoms with Gasteiger partial charge in [0.05, 0.1) is 23.2 Å². The monoisotopic (exact) mass is 381 g/mol. The number of thiazole rings is 1. The van der Waals surface area contributed by atoms with Crippen molar-refractivity contribution < 1.29 is 14.1 Å². The van der Waals surface area contributed by atoms with Crippen molar-refractivity contribution in [2.75, 3.05) is 11.9 Å². The number of amides is 1. The molecule has 0 unspecified atom stereocenters. The molecule has 0 atom stereocenters. The van der Waals surface area contributed by atoms with E-state index in [2.05, 4.69) is 15.5 Å². The standard InChI is InChI=1S/C20H19N3O3S/c1-4-25-13-5-6-15-17(9-13)27-20(21-15)22-18(24)10-16-14-8-11(2)7-12(3)19(14)26-23-16/h5-9H,4,10H2,1-3H3,(H,21,22,24). The maximum Gasteiger partial charge on any atom is 0.232 e. The van der Waals surface area contributed by atoms with E-state index in [0.29, 0.717) is 17.4 Å². The molecular weight excluding hydrogens is 362 g/mol. The Bertz CT molecular complexity index is 1150. The molecule has 4 aromatic rings. The van der Waals surface area contributed by atoms with Gasteiger partial charge in [0.2, 0.25) is 5.91 Å². The number of nitrogens with one attached hydrogen (secondary N) is 1. The summed E-state index contributed by atoms with van der Waals surface area (Å²) < 4.78 is 11.9. The average Bonchev–Trinajstić information content (AvgIpc) is 3.18. The Labute approximate surface area is 160 Å². The molecule has 6 nitrogen and oxygen atoms in total. The van der Waals surface area contributed by atoms with Crippen LogP contribution in [0.25, 0.3) is 21.2 Å². The first kappa shape index (κ1) is 17.5. The van der Waals surface area contributed by atoms with Crippen molar-refractivity contribution in [3.63, 3.8) is 0 Å². The zero-order valence-corrected chi connectivity index (χ0v) is 16.1. The van der Waals surface area contributed by atoms with E-state index in [0.717, 1.165) is 38.1 Å². The fourth-order valence-corrected chi connectivity index (χ4v) is 4.01. The maximum atomic E-state index is 12.5. The molecule has 0 saturated carbocycles. The van der Waals surface area contributed by atoms with Crippen LogP contribution in [0.1, 0.15) is 23.7 Å². The second-order valence-corrected chi connectivity index (χ2v) is 7.42. The highest BCUT2D eigenvalue weighted by molar-refractivity contribution is 7.22. The number of aromatic nitrogens is 2. The first-order valence-corrected chi connectivity index (χ1v) is 9.54. The molecule has 0 radical (unpaired) electrons. The summed E-state index contributed by atoms with van der Waals surface area (Å²) in [4.78, 5) is 16.9. The van der Waals surface area contributed by atoms with E-state index >= 15 is 0 Å². The van der Waals surface area contributed by atoms with Crippen molar-refractivity contribution >= 4 is 43.6 Å². The number of rotatable bonds is 5. The fourth-order valence-electron chi connectivity index (χ4n) is 3.10. The van der Waals surface area contributed by atoms with Crippen molar-refractivity contribution in [1.82, 2.24) is 10.1 Å². The molecule has 2 heterocycles. The third-order valence-corrected chi connectivity index (χ3v) is 5.16. The first-order valence-electron chi connectivity index (χ1n) is 8.72. The molecule has 0 aliphatic rings. The van der Waals surface area contributed by atoms with Gasteiger partial charge >= 0.3 is 0 Å². The van der Waals surface area contributed by atoms with E-state index < -0.39 is 0 Å². The Morgan fingerprint density at radius 3 is 2.93 bits per heavy atom. The number of fused-ring (bicyclic) bond motifs is 2. The third-order valence-electron chi connectivity index (χ3n) is 4.22. The van der Waals surface area contributed by atoms with E-state index in [1.54, 1.807) is 0 Å². The van der Waals surface area contributed by atoms with Gasteiger partial charge in [0, 0.05) is 5.39 Å². The Kier molecular flexibility index (Phi) is 4.53. The minimum atomic E-state index is -0.173. The van der Waals surface area contributed by atoms with Gasteiger partial charge in [0.1, 0.15) is 11.4 Å². The first-order chi connectivity index (χ1) is 13.0. The van der Waals surface area contributed by atoms with Gasteiger partial charge in [-0.1, -0.05) is 22.6 Å². The quantitative estimate of drug-likeness (QED) is 0.545. The normalized spacial score (nSPS) is 11.2. The summed E-state index contributed by atoms with van der Waals surface area (Å²) in [6.45, 7) is 6.54. The minimum absolute atomic E-state index is 0.135. The van der Waals surface area contributed by atoms with E-state index in [1.807, 2.05) is 51.1 Å². The van der Waals surface area contributed by atoms with Crippen molar-refractivity contribution in [2.45, 2.75) is 27.2 Å². The molecule has 27 heavy (non-hydrogen) atoms. The van der Waals surface area contributed by atoms with Crippen LogP contribution in [0.5, 0.6) is 5.75 Å². The van der Waals surface area contributed by atoms with Crippen LogP contribution >= 0.6 is 11.3 Å². The summed E-state index contributed by atoms with van der Waals surface area (Å²) in [5.74, 6) is 0.625. The molecule has 0 fully saturated rings. The molecular formula is C20H19N3O3S. The molecule has 0 aliphatic heterocycles. The third kappa shape index (κ3) is 3.50. The van der Waals surface area contributed by atoms with E-state index in [9.17, 15) is 4.79 Å². The number of hydrogen-bond acceptors (Lipinski definition) is 6. The summed E-state index contributed by atoms with van der Waals surface area (Å²) in [6.07, 6.45) is 0.135. The SMILES string of the molecule is CCOc1ccc2nc(NC(=O)Cc3noc4c(C)cc(C)cc34)sc2c1. The number of nitrogens with zero attached hydrogens (tertiary/aromatic N) is 2. The second-order valence-electron chi connectivity index (χ2n) is 6.39. The minimum Gasteiger partial charge on any atom is -0.494 e. The van der Waals surface area contributed by atoms with Gasteiger partial charge in [-0.25, -0.2) is 4.98 Å². The van der Waals surface area contributed by atoms with Gasteiger partial charge in [-0.2, -0.15) is 0 Å². The van der Waals surface area contributed by atoms with E-state index in [-0.39, 0.29) is 12.3 Å². The smallest absolute Gasteiger partial charge is 0.232 e. The highest BCUT2D eigenvalue weighted by Gasteiger charge is 2.16. The Morgan fingerprint density at radius 2 is 2.11 bits per heavy atom. The zero-order valence-electron chi connectivity index (χ0n) is 15.3. The number of ether oxygens (including phenoxy) is 1. The number of anilines is 1. The van der Waals surface area contributed by atoms with Gasteiger partial charge in [-0.15, -0.1) is 0 Å². The topological polar surface area (TPSA) is 77.2 Å². The second kappa shape index (κ2) is 7.00. The Balaban J connectivity index is 1.53. The number of carbonyl (C=O) groups excluding carboxylic acids is 1. The molecule has 1 N–H and O–H groups in total. The van der Waals surface area contributed by atoms with E-state index in [4.69, 9.17) is 9.26 Å². The number of aryl methyl sites for hydroxylation is 2. The van der Waals surface area contributed by atoms with Crippen LogP contribution in [0.2, 0.25) is 0 Å². The lowest BCUT2D eigenvalue weighted by molar-refractivity contribution is -0.115. The van der Waals surface area contributed by atoms with Crippen molar-refractivity contribution in [2.24, 2.45) is 0 Å². The lowest BCUT2D eigenvalue weighted by Crippen LogP contribution is -2.14. The summed E-state index contributed by atoms with van der Waals surface area (Å²) in [5, 5.41) is 8.39. The molecule has 1 amide bonds. The van der Waals surface area contributed by atoms with Crippen LogP contribution in [0.3, 0.4) is 0 Å². The summed E-state index contributed by atoms with van der Waals surface area (Å²) in [7, 11) is 0. The molecule has 2 aromatic heterocycles. The maximum absolute atomic E-state index is 12.5. The van der Waals surface area contributed by atoms with Crippen LogP contribution in [0.4, 0.5) is 5.13 Å². The van der Waals surface area contributed by atoms with Gasteiger partial charge in [-0.3, -0.25) is 4.79 Å². The number of hydrogen-bond donors (Lipinski definition) is 1. The Morgan fingerprint density at radius 1 is 1.26 bits per heavy atom. The van der Waals surface area contributed by atoms with Gasteiger partial charge in [0.15, 0.2) is 10.7 Å². The van der Waals surface area contributed by atoms with Crippen molar-refractivity contribution in [1.29, 1.82) is 0 Å². The molecule has 7 heteroatoms. The van der Waals surface area contributed by atoms with Gasteiger partial charge in [0.25, 0.3) is 0 Å². The van der Waals surface area contributed by atoms with Crippen LogP contribution in [0.15, 0.2) is 34.9 Å². The largest absolute Gasteiger partial charge is 0.494 e. The molecule has 0 aliphatic carbocycles.